The highest BCUT2D eigenvalue weighted by Gasteiger charge is 2.17. The average molecular weight is 215 g/mol. The Morgan fingerprint density at radius 1 is 1.60 bits per heavy atom. The smallest absolute Gasteiger partial charge is 0.245 e. The zero-order chi connectivity index (χ0) is 11.1. The molecule has 1 aliphatic rings. The van der Waals surface area contributed by atoms with Gasteiger partial charge in [0.1, 0.15) is 6.61 Å². The molecule has 0 aromatic heterocycles. The summed E-state index contributed by atoms with van der Waals surface area (Å²) in [4.78, 5) is 17.6. The normalized spacial score (nSPS) is 22.9. The van der Waals surface area contributed by atoms with Crippen LogP contribution in [0, 0.1) is 0 Å². The Labute approximate surface area is 90.9 Å². The van der Waals surface area contributed by atoms with Gasteiger partial charge in [-0.05, 0) is 32.9 Å². The molecule has 3 N–H and O–H groups in total. The number of rotatable bonds is 6. The van der Waals surface area contributed by atoms with Crippen molar-refractivity contribution in [2.45, 2.75) is 31.7 Å². The molecule has 1 saturated heterocycles. The van der Waals surface area contributed by atoms with E-state index in [0.29, 0.717) is 6.04 Å². The molecule has 1 heterocycles. The van der Waals surface area contributed by atoms with Gasteiger partial charge >= 0.3 is 0 Å². The molecule has 1 amide bonds. The molecule has 0 saturated carbocycles. The summed E-state index contributed by atoms with van der Waals surface area (Å²) in [5.74, 6) is -0.447. The van der Waals surface area contributed by atoms with Crippen LogP contribution >= 0.6 is 0 Å². The zero-order valence-electron chi connectivity index (χ0n) is 9.37. The molecule has 1 rings (SSSR count). The summed E-state index contributed by atoms with van der Waals surface area (Å²) in [7, 11) is 2.16. The number of nitrogens with zero attached hydrogens (tertiary/aromatic N) is 1. The first-order valence-corrected chi connectivity index (χ1v) is 5.53. The van der Waals surface area contributed by atoms with Gasteiger partial charge in [-0.25, -0.2) is 5.48 Å². The van der Waals surface area contributed by atoms with E-state index in [9.17, 15) is 4.79 Å². The van der Waals surface area contributed by atoms with Crippen LogP contribution < -0.4 is 11.2 Å². The fourth-order valence-electron chi connectivity index (χ4n) is 1.93. The van der Waals surface area contributed by atoms with Gasteiger partial charge in [0, 0.05) is 12.6 Å². The Morgan fingerprint density at radius 2 is 2.40 bits per heavy atom. The Balaban J connectivity index is 2.01. The molecule has 1 aliphatic heterocycles. The summed E-state index contributed by atoms with van der Waals surface area (Å²) in [6, 6.07) is 0.642. The van der Waals surface area contributed by atoms with Crippen molar-refractivity contribution in [3.8, 4) is 0 Å². The van der Waals surface area contributed by atoms with Crippen molar-refractivity contribution < 1.29 is 9.63 Å². The van der Waals surface area contributed by atoms with Gasteiger partial charge in [-0.2, -0.15) is 0 Å². The molecule has 88 valence electrons. The highest BCUT2D eigenvalue weighted by molar-refractivity contribution is 5.74. The first kappa shape index (κ1) is 12.4. The number of nitrogens with one attached hydrogen (secondary N) is 1. The number of hydrogen-bond acceptors (Lipinski definition) is 4. The number of likely N-dealkylation sites (tertiary alicyclic amines) is 1. The molecule has 0 spiro atoms. The van der Waals surface area contributed by atoms with E-state index in [4.69, 9.17) is 10.6 Å². The predicted octanol–water partition coefficient (Wildman–Crippen LogP) is -0.133. The Hall–Kier alpha value is -0.650. The van der Waals surface area contributed by atoms with Crippen LogP contribution in [0.4, 0.5) is 0 Å². The number of amides is 1. The summed E-state index contributed by atoms with van der Waals surface area (Å²) in [6.45, 7) is 1.90. The van der Waals surface area contributed by atoms with Crippen molar-refractivity contribution in [1.29, 1.82) is 0 Å². The lowest BCUT2D eigenvalue weighted by molar-refractivity contribution is -0.125. The number of piperidine rings is 1. The lowest BCUT2D eigenvalue weighted by Gasteiger charge is -2.32. The molecule has 5 heteroatoms. The minimum atomic E-state index is -0.447. The number of hydrogen-bond donors (Lipinski definition) is 2. The quantitative estimate of drug-likeness (QED) is 0.478. The summed E-state index contributed by atoms with van der Waals surface area (Å²) in [5, 5.41) is 0. The van der Waals surface area contributed by atoms with Crippen molar-refractivity contribution in [2.24, 2.45) is 5.73 Å². The van der Waals surface area contributed by atoms with Crippen molar-refractivity contribution in [3.63, 3.8) is 0 Å². The average Bonchev–Trinajstić information content (AvgIpc) is 2.20. The van der Waals surface area contributed by atoms with E-state index in [1.54, 1.807) is 0 Å². The minimum Gasteiger partial charge on any atom is -0.368 e. The maximum Gasteiger partial charge on any atom is 0.245 e. The third-order valence-corrected chi connectivity index (χ3v) is 2.82. The highest BCUT2D eigenvalue weighted by Crippen LogP contribution is 2.16. The van der Waals surface area contributed by atoms with Crippen LogP contribution in [0.5, 0.6) is 0 Å². The second-order valence-corrected chi connectivity index (χ2v) is 4.07. The third kappa shape index (κ3) is 5.11. The van der Waals surface area contributed by atoms with E-state index in [1.165, 1.54) is 25.8 Å². The molecule has 0 radical (unpaired) electrons. The molecule has 0 aliphatic carbocycles. The second kappa shape index (κ2) is 6.76. The third-order valence-electron chi connectivity index (χ3n) is 2.82. The predicted molar refractivity (Wildman–Crippen MR) is 58.0 cm³/mol. The first-order chi connectivity index (χ1) is 7.20. The summed E-state index contributed by atoms with van der Waals surface area (Å²) < 4.78 is 0. The second-order valence-electron chi connectivity index (χ2n) is 4.07. The van der Waals surface area contributed by atoms with Crippen LogP contribution in [0.15, 0.2) is 0 Å². The molecule has 15 heavy (non-hydrogen) atoms. The fourth-order valence-corrected chi connectivity index (χ4v) is 1.93. The monoisotopic (exact) mass is 215 g/mol. The van der Waals surface area contributed by atoms with E-state index in [2.05, 4.69) is 17.4 Å². The number of hydroxylamine groups is 1. The van der Waals surface area contributed by atoms with Crippen LogP contribution in [0.1, 0.15) is 25.7 Å². The van der Waals surface area contributed by atoms with E-state index >= 15 is 0 Å². The number of carbonyl (C=O) groups excluding carboxylic acids is 1. The van der Waals surface area contributed by atoms with Crippen molar-refractivity contribution in [3.05, 3.63) is 0 Å². The standard InChI is InChI=1S/C10H21N3O2/c1-13-7-3-2-4-9(13)5-6-12-15-8-10(11)14/h9,12H,2-8H2,1H3,(H2,11,14). The van der Waals surface area contributed by atoms with Crippen LogP contribution in [0.2, 0.25) is 0 Å². The Morgan fingerprint density at radius 3 is 3.07 bits per heavy atom. The van der Waals surface area contributed by atoms with Gasteiger partial charge in [-0.1, -0.05) is 6.42 Å². The largest absolute Gasteiger partial charge is 0.368 e. The van der Waals surface area contributed by atoms with E-state index in [1.807, 2.05) is 0 Å². The first-order valence-electron chi connectivity index (χ1n) is 5.53. The van der Waals surface area contributed by atoms with Gasteiger partial charge in [0.2, 0.25) is 5.91 Å². The molecular formula is C10H21N3O2. The number of nitrogens with two attached hydrogens (primary N) is 1. The summed E-state index contributed by atoms with van der Waals surface area (Å²) in [5.41, 5.74) is 7.68. The van der Waals surface area contributed by atoms with Crippen LogP contribution in [-0.2, 0) is 9.63 Å². The van der Waals surface area contributed by atoms with Crippen LogP contribution in [0.25, 0.3) is 0 Å². The maximum atomic E-state index is 10.4. The lowest BCUT2D eigenvalue weighted by Crippen LogP contribution is -2.38. The molecular weight excluding hydrogens is 194 g/mol. The van der Waals surface area contributed by atoms with Gasteiger partial charge in [-0.3, -0.25) is 9.63 Å². The van der Waals surface area contributed by atoms with Gasteiger partial charge in [0.05, 0.1) is 0 Å². The molecule has 0 bridgehead atoms. The molecule has 0 aromatic rings. The zero-order valence-corrected chi connectivity index (χ0v) is 9.37. The Kier molecular flexibility index (Phi) is 5.60. The lowest BCUT2D eigenvalue weighted by atomic mass is 10.0. The highest BCUT2D eigenvalue weighted by atomic mass is 16.6. The Bertz CT molecular complexity index is 199. The summed E-state index contributed by atoms with van der Waals surface area (Å²) >= 11 is 0. The van der Waals surface area contributed by atoms with Gasteiger partial charge in [-0.15, -0.1) is 0 Å². The van der Waals surface area contributed by atoms with Gasteiger partial charge in [0.25, 0.3) is 0 Å². The van der Waals surface area contributed by atoms with E-state index in [-0.39, 0.29) is 6.61 Å². The minimum absolute atomic E-state index is 0.0551. The van der Waals surface area contributed by atoms with Crippen molar-refractivity contribution >= 4 is 5.91 Å². The molecule has 0 aromatic carbocycles. The molecule has 1 atom stereocenters. The maximum absolute atomic E-state index is 10.4. The number of carbonyl (C=O) groups is 1. The van der Waals surface area contributed by atoms with Crippen LogP contribution in [0.3, 0.4) is 0 Å². The molecule has 1 unspecified atom stereocenters. The van der Waals surface area contributed by atoms with Crippen LogP contribution in [-0.4, -0.2) is 43.6 Å². The van der Waals surface area contributed by atoms with E-state index in [0.717, 1.165) is 13.0 Å². The molecule has 5 nitrogen and oxygen atoms in total. The van der Waals surface area contributed by atoms with E-state index < -0.39 is 5.91 Å². The number of primary amides is 1. The van der Waals surface area contributed by atoms with Crippen molar-refractivity contribution in [2.75, 3.05) is 26.7 Å². The van der Waals surface area contributed by atoms with Crippen molar-refractivity contribution in [1.82, 2.24) is 10.4 Å². The van der Waals surface area contributed by atoms with Gasteiger partial charge in [0.15, 0.2) is 0 Å². The SMILES string of the molecule is CN1CCCCC1CCNOCC(N)=O. The molecule has 1 fully saturated rings. The summed E-state index contributed by atoms with van der Waals surface area (Å²) in [6.07, 6.45) is 4.93. The van der Waals surface area contributed by atoms with Gasteiger partial charge < -0.3 is 10.6 Å². The fraction of sp³-hybridized carbons (Fsp3) is 0.900. The topological polar surface area (TPSA) is 67.6 Å².